The van der Waals surface area contributed by atoms with Gasteiger partial charge in [-0.2, -0.15) is 4.39 Å². The number of pyridine rings is 1. The summed E-state index contributed by atoms with van der Waals surface area (Å²) in [6.45, 7) is 0. The summed E-state index contributed by atoms with van der Waals surface area (Å²) in [5, 5.41) is 17.4. The quantitative estimate of drug-likeness (QED) is 0.816. The van der Waals surface area contributed by atoms with Crippen LogP contribution in [0.2, 0.25) is 0 Å². The van der Waals surface area contributed by atoms with Crippen molar-refractivity contribution in [1.29, 1.82) is 0 Å². The van der Waals surface area contributed by atoms with Crippen molar-refractivity contribution in [3.8, 4) is 5.75 Å². The molecule has 0 aromatic carbocycles. The highest BCUT2D eigenvalue weighted by atomic mass is 79.9. The van der Waals surface area contributed by atoms with Crippen LogP contribution in [0.5, 0.6) is 5.75 Å². The first-order valence-corrected chi connectivity index (χ1v) is 6.41. The first-order chi connectivity index (χ1) is 8.54. The molecule has 0 atom stereocenters. The summed E-state index contributed by atoms with van der Waals surface area (Å²) >= 11 is 4.20. The molecule has 2 aromatic rings. The van der Waals surface area contributed by atoms with Crippen molar-refractivity contribution >= 4 is 40.0 Å². The molecule has 0 spiro atoms. The maximum atomic E-state index is 11.9. The number of thiophene rings is 1. The van der Waals surface area contributed by atoms with Crippen molar-refractivity contribution in [1.82, 2.24) is 4.98 Å². The van der Waals surface area contributed by atoms with E-state index in [1.54, 1.807) is 18.2 Å². The molecule has 0 fully saturated rings. The SMILES string of the molecule is COc1cccnc1B(O)O.Fc1ccc(Br)s1. The molecule has 0 radical (unpaired) electrons. The van der Waals surface area contributed by atoms with E-state index in [0.29, 0.717) is 5.75 Å². The summed E-state index contributed by atoms with van der Waals surface area (Å²) in [5.41, 5.74) is 0.134. The number of aromatic nitrogens is 1. The van der Waals surface area contributed by atoms with Gasteiger partial charge in [0, 0.05) is 6.20 Å². The maximum absolute atomic E-state index is 11.9. The monoisotopic (exact) mass is 333 g/mol. The molecule has 0 saturated heterocycles. The van der Waals surface area contributed by atoms with Gasteiger partial charge in [-0.3, -0.25) is 4.98 Å². The lowest BCUT2D eigenvalue weighted by atomic mass is 9.85. The van der Waals surface area contributed by atoms with Gasteiger partial charge >= 0.3 is 7.12 Å². The second-order valence-electron chi connectivity index (χ2n) is 3.01. The van der Waals surface area contributed by atoms with Crippen LogP contribution in [-0.2, 0) is 0 Å². The zero-order valence-electron chi connectivity index (χ0n) is 9.38. The number of nitrogens with zero attached hydrogens (tertiary/aromatic N) is 1. The van der Waals surface area contributed by atoms with Crippen molar-refractivity contribution in [2.24, 2.45) is 0 Å². The molecule has 0 saturated carbocycles. The second-order valence-corrected chi connectivity index (χ2v) is 5.42. The lowest BCUT2D eigenvalue weighted by Gasteiger charge is -2.04. The van der Waals surface area contributed by atoms with E-state index in [-0.39, 0.29) is 10.7 Å². The van der Waals surface area contributed by atoms with Gasteiger partial charge in [-0.1, -0.05) is 11.3 Å². The molecule has 0 aliphatic heterocycles. The molecule has 0 aliphatic carbocycles. The molecule has 2 aromatic heterocycles. The molecule has 0 unspecified atom stereocenters. The van der Waals surface area contributed by atoms with Crippen LogP contribution in [-0.4, -0.2) is 29.3 Å². The normalized spacial score (nSPS) is 9.39. The van der Waals surface area contributed by atoms with Crippen LogP contribution in [0.15, 0.2) is 34.2 Å². The van der Waals surface area contributed by atoms with E-state index in [9.17, 15) is 4.39 Å². The minimum Gasteiger partial charge on any atom is -0.496 e. The van der Waals surface area contributed by atoms with Crippen molar-refractivity contribution in [3.63, 3.8) is 0 Å². The van der Waals surface area contributed by atoms with Crippen LogP contribution in [0.4, 0.5) is 4.39 Å². The minimum atomic E-state index is -1.58. The topological polar surface area (TPSA) is 62.6 Å². The van der Waals surface area contributed by atoms with Gasteiger partial charge in [-0.15, -0.1) is 0 Å². The highest BCUT2D eigenvalue weighted by Crippen LogP contribution is 2.19. The van der Waals surface area contributed by atoms with Gasteiger partial charge < -0.3 is 14.8 Å². The molecule has 2 heterocycles. The Bertz CT molecular complexity index is 481. The Balaban J connectivity index is 0.000000199. The van der Waals surface area contributed by atoms with E-state index in [4.69, 9.17) is 14.8 Å². The van der Waals surface area contributed by atoms with Gasteiger partial charge in [0.15, 0.2) is 5.13 Å². The molecule has 2 rings (SSSR count). The summed E-state index contributed by atoms with van der Waals surface area (Å²) in [6, 6.07) is 6.38. The van der Waals surface area contributed by atoms with E-state index in [1.165, 1.54) is 19.4 Å². The van der Waals surface area contributed by atoms with E-state index < -0.39 is 7.12 Å². The number of methoxy groups -OCH3 is 1. The zero-order chi connectivity index (χ0) is 13.5. The van der Waals surface area contributed by atoms with Crippen LogP contribution in [0.25, 0.3) is 0 Å². The highest BCUT2D eigenvalue weighted by Gasteiger charge is 2.17. The first-order valence-electron chi connectivity index (χ1n) is 4.80. The van der Waals surface area contributed by atoms with Gasteiger partial charge in [0.25, 0.3) is 0 Å². The minimum absolute atomic E-state index is 0.134. The second kappa shape index (κ2) is 7.47. The van der Waals surface area contributed by atoms with Gasteiger partial charge in [-0.05, 0) is 40.2 Å². The smallest absolute Gasteiger partial charge is 0.496 e. The summed E-state index contributed by atoms with van der Waals surface area (Å²) in [7, 11) is -0.130. The molecule has 8 heteroatoms. The molecule has 2 N–H and O–H groups in total. The molecule has 96 valence electrons. The van der Waals surface area contributed by atoms with E-state index >= 15 is 0 Å². The maximum Gasteiger partial charge on any atom is 0.512 e. The predicted octanol–water partition coefficient (Wildman–Crippen LogP) is 1.42. The van der Waals surface area contributed by atoms with Crippen LogP contribution in [0, 0.1) is 5.13 Å². The summed E-state index contributed by atoms with van der Waals surface area (Å²) in [5.74, 6) is 0.377. The number of halogens is 2. The summed E-state index contributed by atoms with van der Waals surface area (Å²) < 4.78 is 17.6. The van der Waals surface area contributed by atoms with Gasteiger partial charge in [0.1, 0.15) is 11.3 Å². The van der Waals surface area contributed by atoms with Crippen LogP contribution < -0.4 is 10.3 Å². The summed E-state index contributed by atoms with van der Waals surface area (Å²) in [6.07, 6.45) is 1.47. The largest absolute Gasteiger partial charge is 0.512 e. The third-order valence-corrected chi connectivity index (χ3v) is 3.22. The molecule has 18 heavy (non-hydrogen) atoms. The fourth-order valence-electron chi connectivity index (χ4n) is 1.06. The van der Waals surface area contributed by atoms with E-state index in [0.717, 1.165) is 15.1 Å². The molecule has 4 nitrogen and oxygen atoms in total. The fraction of sp³-hybridized carbons (Fsp3) is 0.100. The predicted molar refractivity (Wildman–Crippen MR) is 72.6 cm³/mol. The van der Waals surface area contributed by atoms with Crippen molar-refractivity contribution < 1.29 is 19.2 Å². The molecule has 0 aliphatic rings. The number of hydrogen-bond acceptors (Lipinski definition) is 5. The van der Waals surface area contributed by atoms with E-state index in [1.807, 2.05) is 0 Å². The standard InChI is InChI=1S/C6H8BNO3.C4H2BrFS/c1-11-5-3-2-4-8-6(5)7(9)10;5-3-1-2-4(6)7-3/h2-4,9-10H,1H3;1-2H. The molecular weight excluding hydrogens is 324 g/mol. The molecular formula is C10H10BBrFNO3S. The summed E-state index contributed by atoms with van der Waals surface area (Å²) in [4.78, 5) is 3.72. The van der Waals surface area contributed by atoms with Gasteiger partial charge in [0.05, 0.1) is 10.9 Å². The van der Waals surface area contributed by atoms with Crippen molar-refractivity contribution in [2.75, 3.05) is 7.11 Å². The number of ether oxygens (including phenoxy) is 1. The lowest BCUT2D eigenvalue weighted by Crippen LogP contribution is -2.33. The van der Waals surface area contributed by atoms with Crippen molar-refractivity contribution in [2.45, 2.75) is 0 Å². The first kappa shape index (κ1) is 15.1. The Morgan fingerprint density at radius 1 is 1.39 bits per heavy atom. The molecule has 0 bridgehead atoms. The molecule has 0 amide bonds. The Morgan fingerprint density at radius 3 is 2.44 bits per heavy atom. The third-order valence-electron chi connectivity index (χ3n) is 1.80. The number of rotatable bonds is 2. The third kappa shape index (κ3) is 4.73. The Labute approximate surface area is 116 Å². The van der Waals surface area contributed by atoms with Crippen LogP contribution in [0.3, 0.4) is 0 Å². The highest BCUT2D eigenvalue weighted by molar-refractivity contribution is 9.11. The lowest BCUT2D eigenvalue weighted by molar-refractivity contribution is 0.400. The van der Waals surface area contributed by atoms with Crippen LogP contribution >= 0.6 is 27.3 Å². The average molecular weight is 334 g/mol. The van der Waals surface area contributed by atoms with Gasteiger partial charge in [0.2, 0.25) is 0 Å². The zero-order valence-corrected chi connectivity index (χ0v) is 11.8. The Kier molecular flexibility index (Phi) is 6.27. The van der Waals surface area contributed by atoms with Gasteiger partial charge in [-0.25, -0.2) is 0 Å². The Morgan fingerprint density at radius 2 is 2.11 bits per heavy atom. The Hall–Kier alpha value is -0.955. The average Bonchev–Trinajstić information content (AvgIpc) is 2.73. The number of hydrogen-bond donors (Lipinski definition) is 2. The fourth-order valence-corrected chi connectivity index (χ4v) is 2.12. The van der Waals surface area contributed by atoms with Crippen LogP contribution in [0.1, 0.15) is 0 Å². The van der Waals surface area contributed by atoms with E-state index in [2.05, 4.69) is 20.9 Å². The van der Waals surface area contributed by atoms with Crippen molar-refractivity contribution in [3.05, 3.63) is 39.4 Å².